The van der Waals surface area contributed by atoms with Gasteiger partial charge in [-0.25, -0.2) is 9.59 Å². The molecule has 178 valence electrons. The molecule has 0 radical (unpaired) electrons. The zero-order valence-corrected chi connectivity index (χ0v) is 19.6. The van der Waals surface area contributed by atoms with E-state index in [2.05, 4.69) is 10.6 Å². The minimum absolute atomic E-state index is 0.0852. The summed E-state index contributed by atoms with van der Waals surface area (Å²) in [6.07, 6.45) is 6.87. The van der Waals surface area contributed by atoms with Crippen LogP contribution in [0.5, 0.6) is 5.75 Å². The minimum Gasteiger partial charge on any atom is -0.497 e. The van der Waals surface area contributed by atoms with Gasteiger partial charge in [0.2, 0.25) is 0 Å². The van der Waals surface area contributed by atoms with Crippen molar-refractivity contribution in [2.75, 3.05) is 19.5 Å². The highest BCUT2D eigenvalue weighted by molar-refractivity contribution is 6.00. The van der Waals surface area contributed by atoms with E-state index in [1.807, 2.05) is 49.4 Å². The number of aryl methyl sites for hydroxylation is 1. The highest BCUT2D eigenvalue weighted by Gasteiger charge is 2.41. The predicted molar refractivity (Wildman–Crippen MR) is 130 cm³/mol. The van der Waals surface area contributed by atoms with Crippen molar-refractivity contribution in [1.82, 2.24) is 10.2 Å². The molecule has 3 amide bonds. The third kappa shape index (κ3) is 5.28. The SMILES string of the molecule is COc1ccc(NC(=O)NC2(C(=O)N(C)[C@@H](C)C(=O)O)C=CC(c3ccccc3)C=C2)c(C)c1. The van der Waals surface area contributed by atoms with E-state index in [1.54, 1.807) is 37.5 Å². The molecule has 0 bridgehead atoms. The van der Waals surface area contributed by atoms with Crippen molar-refractivity contribution in [3.05, 3.63) is 84.0 Å². The van der Waals surface area contributed by atoms with Crippen LogP contribution in [0.1, 0.15) is 24.0 Å². The normalized spacial score (nSPS) is 19.7. The Labute approximate surface area is 198 Å². The van der Waals surface area contributed by atoms with Crippen LogP contribution in [0.15, 0.2) is 72.8 Å². The maximum atomic E-state index is 13.4. The lowest BCUT2D eigenvalue weighted by molar-refractivity contribution is -0.149. The van der Waals surface area contributed by atoms with Crippen LogP contribution in [-0.4, -0.2) is 53.7 Å². The summed E-state index contributed by atoms with van der Waals surface area (Å²) in [7, 11) is 2.96. The molecule has 0 saturated carbocycles. The standard InChI is InChI=1S/C26H29N3O5/c1-17-16-21(34-4)10-11-22(17)27-25(33)28-26(24(32)29(3)18(2)23(30)31)14-12-20(13-15-26)19-8-6-5-7-9-19/h5-16,18,20H,1-4H3,(H,30,31)(H2,27,28,33)/t18-,20?,26?/m0/s1. The van der Waals surface area contributed by atoms with Gasteiger partial charge >= 0.3 is 12.0 Å². The van der Waals surface area contributed by atoms with Crippen LogP contribution in [0.4, 0.5) is 10.5 Å². The van der Waals surface area contributed by atoms with Gasteiger partial charge in [0.1, 0.15) is 11.8 Å². The zero-order chi connectivity index (χ0) is 24.9. The van der Waals surface area contributed by atoms with Crippen LogP contribution in [0, 0.1) is 6.92 Å². The Kier molecular flexibility index (Phi) is 7.40. The van der Waals surface area contributed by atoms with E-state index in [4.69, 9.17) is 4.74 Å². The Balaban J connectivity index is 1.88. The first kappa shape index (κ1) is 24.6. The zero-order valence-electron chi connectivity index (χ0n) is 19.6. The second-order valence-electron chi connectivity index (χ2n) is 8.21. The summed E-state index contributed by atoms with van der Waals surface area (Å²) in [5, 5.41) is 14.9. The Bertz CT molecular complexity index is 1110. The molecule has 1 aliphatic rings. The first-order chi connectivity index (χ1) is 16.2. The number of rotatable bonds is 7. The summed E-state index contributed by atoms with van der Waals surface area (Å²) in [6, 6.07) is 13.2. The Morgan fingerprint density at radius 3 is 2.29 bits per heavy atom. The van der Waals surface area contributed by atoms with Crippen LogP contribution in [0.25, 0.3) is 0 Å². The second-order valence-corrected chi connectivity index (χ2v) is 8.21. The number of carbonyl (C=O) groups excluding carboxylic acids is 2. The summed E-state index contributed by atoms with van der Waals surface area (Å²) in [4.78, 5) is 39.0. The molecule has 2 aromatic rings. The van der Waals surface area contributed by atoms with Crippen molar-refractivity contribution in [2.45, 2.75) is 31.3 Å². The Morgan fingerprint density at radius 2 is 1.74 bits per heavy atom. The molecule has 34 heavy (non-hydrogen) atoms. The van der Waals surface area contributed by atoms with Gasteiger partial charge in [0.15, 0.2) is 5.54 Å². The first-order valence-corrected chi connectivity index (χ1v) is 10.8. The minimum atomic E-state index is -1.55. The molecular formula is C26H29N3O5. The number of methoxy groups -OCH3 is 1. The number of nitrogens with zero attached hydrogens (tertiary/aromatic N) is 1. The Morgan fingerprint density at radius 1 is 1.09 bits per heavy atom. The van der Waals surface area contributed by atoms with Gasteiger partial charge in [-0.05, 0) is 55.3 Å². The van der Waals surface area contributed by atoms with Gasteiger partial charge in [0.05, 0.1) is 7.11 Å². The molecule has 0 spiro atoms. The van der Waals surface area contributed by atoms with Crippen molar-refractivity contribution in [1.29, 1.82) is 0 Å². The molecule has 3 N–H and O–H groups in total. The maximum Gasteiger partial charge on any atom is 0.326 e. The van der Waals surface area contributed by atoms with E-state index >= 15 is 0 Å². The molecule has 1 atom stereocenters. The van der Waals surface area contributed by atoms with E-state index in [9.17, 15) is 19.5 Å². The van der Waals surface area contributed by atoms with Gasteiger partial charge in [0.25, 0.3) is 5.91 Å². The molecule has 0 saturated heterocycles. The van der Waals surface area contributed by atoms with Crippen LogP contribution in [0.2, 0.25) is 0 Å². The number of carboxylic acid groups (broad SMARTS) is 1. The number of nitrogens with one attached hydrogen (secondary N) is 2. The van der Waals surface area contributed by atoms with Crippen LogP contribution in [-0.2, 0) is 9.59 Å². The summed E-state index contributed by atoms with van der Waals surface area (Å²) in [5.74, 6) is -1.14. The number of amides is 3. The number of hydrogen-bond acceptors (Lipinski definition) is 4. The molecule has 2 aromatic carbocycles. The molecule has 0 fully saturated rings. The average molecular weight is 464 g/mol. The summed E-state index contributed by atoms with van der Waals surface area (Å²) in [6.45, 7) is 3.24. The number of anilines is 1. The van der Waals surface area contributed by atoms with Crippen molar-refractivity contribution >= 4 is 23.6 Å². The fourth-order valence-electron chi connectivity index (χ4n) is 3.69. The van der Waals surface area contributed by atoms with E-state index in [0.717, 1.165) is 16.0 Å². The molecule has 0 aliphatic heterocycles. The fourth-order valence-corrected chi connectivity index (χ4v) is 3.69. The summed E-state index contributed by atoms with van der Waals surface area (Å²) < 4.78 is 5.19. The first-order valence-electron chi connectivity index (χ1n) is 10.8. The molecule has 8 nitrogen and oxygen atoms in total. The molecule has 1 aliphatic carbocycles. The van der Waals surface area contributed by atoms with Crippen molar-refractivity contribution in [3.63, 3.8) is 0 Å². The lowest BCUT2D eigenvalue weighted by Crippen LogP contribution is -2.60. The van der Waals surface area contributed by atoms with Crippen molar-refractivity contribution in [3.8, 4) is 5.75 Å². The largest absolute Gasteiger partial charge is 0.497 e. The number of likely N-dealkylation sites (N-methyl/N-ethyl adjacent to an activating group) is 1. The number of benzene rings is 2. The third-order valence-corrected chi connectivity index (χ3v) is 5.93. The number of hydrogen-bond donors (Lipinski definition) is 3. The van der Waals surface area contributed by atoms with Crippen molar-refractivity contribution in [2.24, 2.45) is 0 Å². The second kappa shape index (κ2) is 10.2. The monoisotopic (exact) mass is 463 g/mol. The molecule has 3 rings (SSSR count). The van der Waals surface area contributed by atoms with Gasteiger partial charge in [-0.3, -0.25) is 4.79 Å². The fraction of sp³-hybridized carbons (Fsp3) is 0.269. The molecule has 0 heterocycles. The number of urea groups is 1. The topological polar surface area (TPSA) is 108 Å². The lowest BCUT2D eigenvalue weighted by Gasteiger charge is -2.35. The lowest BCUT2D eigenvalue weighted by atomic mass is 9.85. The number of allylic oxidation sites excluding steroid dienone is 2. The molecular weight excluding hydrogens is 434 g/mol. The van der Waals surface area contributed by atoms with Gasteiger partial charge in [-0.2, -0.15) is 0 Å². The number of carbonyl (C=O) groups is 3. The van der Waals surface area contributed by atoms with Gasteiger partial charge in [-0.15, -0.1) is 0 Å². The predicted octanol–water partition coefficient (Wildman–Crippen LogP) is 3.71. The quantitative estimate of drug-likeness (QED) is 0.543. The summed E-state index contributed by atoms with van der Waals surface area (Å²) in [5.41, 5.74) is 0.819. The summed E-state index contributed by atoms with van der Waals surface area (Å²) >= 11 is 0. The van der Waals surface area contributed by atoms with Crippen molar-refractivity contribution < 1.29 is 24.2 Å². The van der Waals surface area contributed by atoms with Gasteiger partial charge in [0, 0.05) is 18.7 Å². The smallest absolute Gasteiger partial charge is 0.326 e. The number of ether oxygens (including phenoxy) is 1. The highest BCUT2D eigenvalue weighted by Crippen LogP contribution is 2.29. The van der Waals surface area contributed by atoms with E-state index in [0.29, 0.717) is 11.4 Å². The molecule has 0 aromatic heterocycles. The van der Waals surface area contributed by atoms with Gasteiger partial charge < -0.3 is 25.4 Å². The number of aliphatic carboxylic acids is 1. The average Bonchev–Trinajstić information content (AvgIpc) is 2.84. The third-order valence-electron chi connectivity index (χ3n) is 5.93. The van der Waals surface area contributed by atoms with E-state index in [1.165, 1.54) is 14.0 Å². The van der Waals surface area contributed by atoms with Crippen LogP contribution in [0.3, 0.4) is 0 Å². The number of carboxylic acids is 1. The van der Waals surface area contributed by atoms with Gasteiger partial charge in [-0.1, -0.05) is 42.5 Å². The van der Waals surface area contributed by atoms with Crippen LogP contribution < -0.4 is 15.4 Å². The highest BCUT2D eigenvalue weighted by atomic mass is 16.5. The van der Waals surface area contributed by atoms with E-state index in [-0.39, 0.29) is 5.92 Å². The van der Waals surface area contributed by atoms with Crippen LogP contribution >= 0.6 is 0 Å². The molecule has 8 heteroatoms. The molecule has 0 unspecified atom stereocenters. The Hall–Kier alpha value is -4.07. The van der Waals surface area contributed by atoms with E-state index < -0.39 is 29.5 Å². The maximum absolute atomic E-state index is 13.4.